The third-order valence-electron chi connectivity index (χ3n) is 7.98. The first-order chi connectivity index (χ1) is 19.8. The second-order valence-electron chi connectivity index (χ2n) is 10.7. The van der Waals surface area contributed by atoms with Crippen LogP contribution in [0.5, 0.6) is 0 Å². The molecule has 1 aliphatic carbocycles. The van der Waals surface area contributed by atoms with Crippen molar-refractivity contribution in [3.8, 4) is 5.82 Å². The Morgan fingerprint density at radius 2 is 2.10 bits per heavy atom. The zero-order valence-corrected chi connectivity index (χ0v) is 23.3. The number of halogens is 1. The summed E-state index contributed by atoms with van der Waals surface area (Å²) in [7, 11) is 1.60. The molecule has 1 atom stereocenters. The van der Waals surface area contributed by atoms with Crippen LogP contribution in [-0.4, -0.2) is 73.2 Å². The summed E-state index contributed by atoms with van der Waals surface area (Å²) < 4.78 is 20.6. The number of aromatic amines is 1. The van der Waals surface area contributed by atoms with E-state index in [1.807, 2.05) is 32.1 Å². The molecule has 41 heavy (non-hydrogen) atoms. The van der Waals surface area contributed by atoms with Crippen LogP contribution in [0.2, 0.25) is 0 Å². The molecule has 13 heteroatoms. The lowest BCUT2D eigenvalue weighted by molar-refractivity contribution is -0.148. The molecule has 3 aromatic rings. The number of ether oxygens (including phenoxy) is 1. The van der Waals surface area contributed by atoms with Gasteiger partial charge in [-0.05, 0) is 51.2 Å². The van der Waals surface area contributed by atoms with Gasteiger partial charge in [0.1, 0.15) is 23.1 Å². The van der Waals surface area contributed by atoms with Gasteiger partial charge in [0.2, 0.25) is 0 Å². The van der Waals surface area contributed by atoms with E-state index < -0.39 is 11.4 Å². The number of pyridine rings is 1. The van der Waals surface area contributed by atoms with Crippen LogP contribution in [-0.2, 0) is 9.53 Å². The minimum absolute atomic E-state index is 0.144. The first kappa shape index (κ1) is 26.8. The highest BCUT2D eigenvalue weighted by molar-refractivity contribution is 6.10. The summed E-state index contributed by atoms with van der Waals surface area (Å²) in [5.41, 5.74) is 0.861. The number of amides is 1. The summed E-state index contributed by atoms with van der Waals surface area (Å²) in [4.78, 5) is 29.7. The van der Waals surface area contributed by atoms with Crippen molar-refractivity contribution in [1.82, 2.24) is 35.2 Å². The maximum Gasteiger partial charge on any atom is 0.252 e. The number of amidine groups is 2. The number of hydrogen-bond donors (Lipinski definition) is 3. The number of anilines is 1. The van der Waals surface area contributed by atoms with Crippen molar-refractivity contribution >= 4 is 23.4 Å². The molecule has 12 nitrogen and oxygen atoms in total. The molecule has 214 valence electrons. The topological polar surface area (TPSA) is 138 Å². The highest BCUT2D eigenvalue weighted by Gasteiger charge is 2.45. The number of carbonyl (C=O) groups is 1. The number of aryl methyl sites for hydroxylation is 1. The molecule has 3 aromatic heterocycles. The molecule has 0 aromatic carbocycles. The van der Waals surface area contributed by atoms with Crippen molar-refractivity contribution in [1.29, 1.82) is 0 Å². The van der Waals surface area contributed by atoms with Crippen LogP contribution in [0, 0.1) is 18.7 Å². The summed E-state index contributed by atoms with van der Waals surface area (Å²) in [6.45, 7) is 5.38. The van der Waals surface area contributed by atoms with Gasteiger partial charge < -0.3 is 20.3 Å². The van der Waals surface area contributed by atoms with Crippen molar-refractivity contribution in [2.45, 2.75) is 51.2 Å². The molecule has 3 aliphatic rings. The van der Waals surface area contributed by atoms with Gasteiger partial charge in [0.05, 0.1) is 25.0 Å². The third-order valence-corrected chi connectivity index (χ3v) is 7.98. The molecular weight excluding hydrogens is 527 g/mol. The Morgan fingerprint density at radius 1 is 1.27 bits per heavy atom. The van der Waals surface area contributed by atoms with E-state index in [0.29, 0.717) is 30.3 Å². The molecule has 5 heterocycles. The molecule has 0 bridgehead atoms. The number of fused-ring (bicyclic) bond motifs is 1. The van der Waals surface area contributed by atoms with Crippen LogP contribution in [0.3, 0.4) is 0 Å². The summed E-state index contributed by atoms with van der Waals surface area (Å²) in [6, 6.07) is 5.23. The van der Waals surface area contributed by atoms with E-state index in [0.717, 1.165) is 55.1 Å². The van der Waals surface area contributed by atoms with Crippen molar-refractivity contribution in [2.24, 2.45) is 15.9 Å². The van der Waals surface area contributed by atoms with Gasteiger partial charge >= 0.3 is 0 Å². The average Bonchev–Trinajstić information content (AvgIpc) is 3.74. The smallest absolute Gasteiger partial charge is 0.252 e. The fourth-order valence-electron chi connectivity index (χ4n) is 5.64. The number of nitrogens with one attached hydrogen (secondary N) is 3. The number of hydrogen-bond acceptors (Lipinski definition) is 9. The fraction of sp³-hybridized carbons (Fsp3) is 0.429. The monoisotopic (exact) mass is 560 g/mol. The first-order valence-electron chi connectivity index (χ1n) is 13.8. The molecule has 0 unspecified atom stereocenters. The number of aliphatic imine (C=N–C) groups is 2. The van der Waals surface area contributed by atoms with Crippen LogP contribution < -0.4 is 10.6 Å². The Kier molecular flexibility index (Phi) is 7.12. The third kappa shape index (κ3) is 5.36. The Hall–Kier alpha value is -4.39. The largest absolute Gasteiger partial charge is 0.368 e. The van der Waals surface area contributed by atoms with Crippen LogP contribution >= 0.6 is 0 Å². The van der Waals surface area contributed by atoms with E-state index >= 15 is 0 Å². The SMILES string of the molecule is CO[C@]1(C(=O)N[C@@H](C)c2ccc(-n3cc(F)cn3)nc2)CC[C@H](C2=NC(Nc3cc(C)[nH]n3)=CC3=NCCN32)CC1. The Balaban J connectivity index is 1.11. The van der Waals surface area contributed by atoms with E-state index in [1.54, 1.807) is 19.4 Å². The van der Waals surface area contributed by atoms with Crippen LogP contribution in [0.1, 0.15) is 49.9 Å². The number of aromatic nitrogens is 5. The van der Waals surface area contributed by atoms with Gasteiger partial charge in [-0.2, -0.15) is 10.2 Å². The van der Waals surface area contributed by atoms with E-state index in [4.69, 9.17) is 9.73 Å². The van der Waals surface area contributed by atoms with Gasteiger partial charge in [-0.3, -0.25) is 14.9 Å². The molecule has 3 N–H and O–H groups in total. The van der Waals surface area contributed by atoms with Gasteiger partial charge in [0.25, 0.3) is 5.91 Å². The van der Waals surface area contributed by atoms with Gasteiger partial charge in [0.15, 0.2) is 17.5 Å². The molecule has 1 fully saturated rings. The number of rotatable bonds is 8. The molecule has 2 aliphatic heterocycles. The van der Waals surface area contributed by atoms with E-state index in [9.17, 15) is 9.18 Å². The number of carbonyl (C=O) groups excluding carboxylic acids is 1. The van der Waals surface area contributed by atoms with Gasteiger partial charge in [0, 0.05) is 43.6 Å². The van der Waals surface area contributed by atoms with E-state index in [2.05, 4.69) is 40.8 Å². The molecule has 0 saturated heterocycles. The lowest BCUT2D eigenvalue weighted by Crippen LogP contribution is -2.52. The van der Waals surface area contributed by atoms with Gasteiger partial charge in [-0.25, -0.2) is 19.0 Å². The molecule has 1 saturated carbocycles. The lowest BCUT2D eigenvalue weighted by atomic mass is 9.77. The standard InChI is InChI=1S/C28H33FN10O2/c1-17-12-23(37-36-17)34-22-13-25-30-10-11-38(25)26(35-22)19-6-8-28(41-3,9-7-19)27(40)33-18(2)20-4-5-24(31-14-20)39-16-21(29)15-32-39/h4-5,12-16,18-19H,6-11H2,1-3H3,(H,33,40)(H2,34,36,37)/t18-,19-,28+/m0/s1. The van der Waals surface area contributed by atoms with Crippen LogP contribution in [0.15, 0.2) is 58.7 Å². The first-order valence-corrected chi connectivity index (χ1v) is 13.8. The quantitative estimate of drug-likeness (QED) is 0.385. The number of H-pyrrole nitrogens is 1. The van der Waals surface area contributed by atoms with E-state index in [-0.39, 0.29) is 17.9 Å². The van der Waals surface area contributed by atoms with Crippen molar-refractivity contribution in [2.75, 3.05) is 25.5 Å². The Bertz CT molecular complexity index is 1510. The summed E-state index contributed by atoms with van der Waals surface area (Å²) in [5.74, 6) is 3.37. The zero-order chi connectivity index (χ0) is 28.6. The summed E-state index contributed by atoms with van der Waals surface area (Å²) in [6.07, 6.45) is 8.65. The summed E-state index contributed by atoms with van der Waals surface area (Å²) in [5, 5.41) is 17.5. The molecular formula is C28H33FN10O2. The fourth-order valence-corrected chi connectivity index (χ4v) is 5.64. The number of nitrogens with zero attached hydrogens (tertiary/aromatic N) is 7. The molecule has 0 spiro atoms. The highest BCUT2D eigenvalue weighted by Crippen LogP contribution is 2.38. The second kappa shape index (κ2) is 10.9. The zero-order valence-electron chi connectivity index (χ0n) is 23.3. The minimum Gasteiger partial charge on any atom is -0.368 e. The Labute approximate surface area is 236 Å². The maximum atomic E-state index is 13.5. The lowest BCUT2D eigenvalue weighted by Gasteiger charge is -2.40. The highest BCUT2D eigenvalue weighted by atomic mass is 19.1. The van der Waals surface area contributed by atoms with Gasteiger partial charge in [-0.1, -0.05) is 6.07 Å². The van der Waals surface area contributed by atoms with Crippen molar-refractivity contribution in [3.63, 3.8) is 0 Å². The maximum absolute atomic E-state index is 13.5. The normalized spacial score (nSPS) is 22.9. The number of methoxy groups -OCH3 is 1. The second-order valence-corrected chi connectivity index (χ2v) is 10.7. The van der Waals surface area contributed by atoms with Crippen molar-refractivity contribution < 1.29 is 13.9 Å². The Morgan fingerprint density at radius 3 is 2.76 bits per heavy atom. The van der Waals surface area contributed by atoms with Gasteiger partial charge in [-0.15, -0.1) is 0 Å². The van der Waals surface area contributed by atoms with Crippen LogP contribution in [0.4, 0.5) is 10.2 Å². The van der Waals surface area contributed by atoms with Crippen LogP contribution in [0.25, 0.3) is 5.82 Å². The summed E-state index contributed by atoms with van der Waals surface area (Å²) >= 11 is 0. The predicted molar refractivity (Wildman–Crippen MR) is 151 cm³/mol. The molecule has 6 rings (SSSR count). The van der Waals surface area contributed by atoms with E-state index in [1.165, 1.54) is 10.9 Å². The predicted octanol–water partition coefficient (Wildman–Crippen LogP) is 3.27. The van der Waals surface area contributed by atoms with Crippen molar-refractivity contribution in [3.05, 3.63) is 65.8 Å². The molecule has 1 amide bonds. The molecule has 0 radical (unpaired) electrons. The minimum atomic E-state index is -0.925. The average molecular weight is 561 g/mol.